The Morgan fingerprint density at radius 1 is 1.56 bits per heavy atom. The fraction of sp³-hybridized carbons (Fsp3) is 0.818. The largest absolute Gasteiger partial charge is 0.308 e. The van der Waals surface area contributed by atoms with Crippen molar-refractivity contribution in [3.63, 3.8) is 0 Å². The van der Waals surface area contributed by atoms with E-state index in [1.807, 2.05) is 6.92 Å². The SMILES string of the molecule is CCNC(c1cnnn1C)C1CCCCS1(=O)=O. The van der Waals surface area contributed by atoms with Crippen LogP contribution in [0.25, 0.3) is 0 Å². The standard InChI is InChI=1S/C11H20N4O2S/c1-3-12-11(9-8-13-14-15(9)2)10-6-4-5-7-18(10,16)17/h8,10-12H,3-7H2,1-2H3. The molecular formula is C11H20N4O2S. The molecule has 1 aromatic rings. The zero-order chi connectivity index (χ0) is 13.2. The molecule has 0 saturated carbocycles. The van der Waals surface area contributed by atoms with Crippen LogP contribution in [0.1, 0.15) is 37.9 Å². The van der Waals surface area contributed by atoms with Gasteiger partial charge in [-0.2, -0.15) is 0 Å². The van der Waals surface area contributed by atoms with Gasteiger partial charge in [-0.1, -0.05) is 18.6 Å². The van der Waals surface area contributed by atoms with E-state index in [0.29, 0.717) is 12.2 Å². The summed E-state index contributed by atoms with van der Waals surface area (Å²) in [6.45, 7) is 2.70. The summed E-state index contributed by atoms with van der Waals surface area (Å²) in [4.78, 5) is 0. The summed E-state index contributed by atoms with van der Waals surface area (Å²) in [5.41, 5.74) is 0.840. The molecule has 1 saturated heterocycles. The second-order valence-corrected chi connectivity index (χ2v) is 7.06. The Labute approximate surface area is 108 Å². The number of aromatic nitrogens is 3. The summed E-state index contributed by atoms with van der Waals surface area (Å²) in [6, 6.07) is -0.208. The van der Waals surface area contributed by atoms with Crippen molar-refractivity contribution in [2.45, 2.75) is 37.5 Å². The van der Waals surface area contributed by atoms with Crippen LogP contribution < -0.4 is 5.32 Å². The van der Waals surface area contributed by atoms with Gasteiger partial charge in [0.15, 0.2) is 9.84 Å². The molecule has 0 bridgehead atoms. The lowest BCUT2D eigenvalue weighted by Crippen LogP contribution is -2.41. The van der Waals surface area contributed by atoms with Gasteiger partial charge in [0.05, 0.1) is 28.9 Å². The maximum Gasteiger partial charge on any atom is 0.155 e. The topological polar surface area (TPSA) is 76.9 Å². The molecule has 0 aliphatic carbocycles. The molecule has 102 valence electrons. The molecule has 7 heteroatoms. The Morgan fingerprint density at radius 2 is 2.33 bits per heavy atom. The predicted octanol–water partition coefficient (Wildman–Crippen LogP) is 0.433. The van der Waals surface area contributed by atoms with Gasteiger partial charge in [-0.15, -0.1) is 5.10 Å². The second-order valence-electron chi connectivity index (χ2n) is 4.72. The summed E-state index contributed by atoms with van der Waals surface area (Å²) in [5.74, 6) is 0.296. The molecule has 1 fully saturated rings. The fourth-order valence-corrected chi connectivity index (χ4v) is 4.66. The number of nitrogens with zero attached hydrogens (tertiary/aromatic N) is 3. The summed E-state index contributed by atoms with van der Waals surface area (Å²) >= 11 is 0. The van der Waals surface area contributed by atoms with Crippen LogP contribution in [0.4, 0.5) is 0 Å². The van der Waals surface area contributed by atoms with Gasteiger partial charge >= 0.3 is 0 Å². The zero-order valence-electron chi connectivity index (χ0n) is 10.8. The quantitative estimate of drug-likeness (QED) is 0.860. The van der Waals surface area contributed by atoms with Gasteiger partial charge in [-0.25, -0.2) is 8.42 Å². The Bertz CT molecular complexity index is 497. The molecule has 0 radical (unpaired) electrons. The molecule has 2 unspecified atom stereocenters. The fourth-order valence-electron chi connectivity index (χ4n) is 2.58. The van der Waals surface area contributed by atoms with Gasteiger partial charge in [0.2, 0.25) is 0 Å². The third kappa shape index (κ3) is 2.56. The molecule has 18 heavy (non-hydrogen) atoms. The summed E-state index contributed by atoms with van der Waals surface area (Å²) in [6.07, 6.45) is 4.11. The summed E-state index contributed by atoms with van der Waals surface area (Å²) in [7, 11) is -1.23. The minimum atomic E-state index is -3.02. The highest BCUT2D eigenvalue weighted by atomic mass is 32.2. The van der Waals surface area contributed by atoms with Gasteiger partial charge in [0.1, 0.15) is 0 Å². The smallest absolute Gasteiger partial charge is 0.155 e. The van der Waals surface area contributed by atoms with Crippen molar-refractivity contribution in [1.29, 1.82) is 0 Å². The van der Waals surface area contributed by atoms with E-state index in [0.717, 1.165) is 25.1 Å². The number of hydrogen-bond donors (Lipinski definition) is 1. The highest BCUT2D eigenvalue weighted by Crippen LogP contribution is 2.30. The first-order valence-corrected chi connectivity index (χ1v) is 8.07. The third-order valence-electron chi connectivity index (χ3n) is 3.49. The zero-order valence-corrected chi connectivity index (χ0v) is 11.7. The molecule has 6 nitrogen and oxygen atoms in total. The molecule has 2 heterocycles. The van der Waals surface area contributed by atoms with Crippen LogP contribution in [0, 0.1) is 0 Å². The van der Waals surface area contributed by atoms with Gasteiger partial charge in [-0.05, 0) is 19.4 Å². The highest BCUT2D eigenvalue weighted by molar-refractivity contribution is 7.92. The molecule has 2 rings (SSSR count). The predicted molar refractivity (Wildman–Crippen MR) is 68.8 cm³/mol. The van der Waals surface area contributed by atoms with Gasteiger partial charge < -0.3 is 5.32 Å². The van der Waals surface area contributed by atoms with E-state index in [1.165, 1.54) is 0 Å². The number of hydrogen-bond acceptors (Lipinski definition) is 5. The lowest BCUT2D eigenvalue weighted by Gasteiger charge is -2.30. The van der Waals surface area contributed by atoms with Crippen molar-refractivity contribution in [3.05, 3.63) is 11.9 Å². The third-order valence-corrected chi connectivity index (χ3v) is 5.78. The van der Waals surface area contributed by atoms with Crippen molar-refractivity contribution in [2.24, 2.45) is 7.05 Å². The van der Waals surface area contributed by atoms with Crippen LogP contribution >= 0.6 is 0 Å². The van der Waals surface area contributed by atoms with Crippen LogP contribution in [0.15, 0.2) is 6.20 Å². The molecule has 1 aliphatic heterocycles. The van der Waals surface area contributed by atoms with E-state index in [-0.39, 0.29) is 11.3 Å². The van der Waals surface area contributed by atoms with Crippen LogP contribution in [0.5, 0.6) is 0 Å². The van der Waals surface area contributed by atoms with Crippen LogP contribution in [-0.4, -0.2) is 41.0 Å². The van der Waals surface area contributed by atoms with E-state index < -0.39 is 9.84 Å². The molecule has 0 amide bonds. The van der Waals surface area contributed by atoms with Crippen molar-refractivity contribution in [3.8, 4) is 0 Å². The maximum atomic E-state index is 12.2. The van der Waals surface area contributed by atoms with E-state index in [4.69, 9.17) is 0 Å². The van der Waals surface area contributed by atoms with Gasteiger partial charge in [0, 0.05) is 7.05 Å². The molecule has 1 N–H and O–H groups in total. The molecule has 0 aromatic carbocycles. The first-order valence-electron chi connectivity index (χ1n) is 6.35. The van der Waals surface area contributed by atoms with E-state index in [2.05, 4.69) is 15.6 Å². The van der Waals surface area contributed by atoms with E-state index >= 15 is 0 Å². The van der Waals surface area contributed by atoms with Crippen molar-refractivity contribution in [1.82, 2.24) is 20.3 Å². The Morgan fingerprint density at radius 3 is 2.89 bits per heavy atom. The number of aryl methyl sites for hydroxylation is 1. The average Bonchev–Trinajstić information content (AvgIpc) is 2.72. The van der Waals surface area contributed by atoms with E-state index in [1.54, 1.807) is 17.9 Å². The molecule has 1 aromatic heterocycles. The Balaban J connectivity index is 2.33. The molecule has 1 aliphatic rings. The second kappa shape index (κ2) is 5.36. The number of sulfone groups is 1. The monoisotopic (exact) mass is 272 g/mol. The van der Waals surface area contributed by atoms with E-state index in [9.17, 15) is 8.42 Å². The van der Waals surface area contributed by atoms with Crippen LogP contribution in [0.3, 0.4) is 0 Å². The maximum absolute atomic E-state index is 12.2. The highest BCUT2D eigenvalue weighted by Gasteiger charge is 2.37. The van der Waals surface area contributed by atoms with Crippen LogP contribution in [0.2, 0.25) is 0 Å². The first kappa shape index (κ1) is 13.5. The minimum Gasteiger partial charge on any atom is -0.308 e. The Kier molecular flexibility index (Phi) is 4.01. The summed E-state index contributed by atoms with van der Waals surface area (Å²) in [5, 5.41) is 10.7. The van der Waals surface area contributed by atoms with Crippen molar-refractivity contribution < 1.29 is 8.42 Å². The average molecular weight is 272 g/mol. The van der Waals surface area contributed by atoms with Gasteiger partial charge in [-0.3, -0.25) is 4.68 Å². The lowest BCUT2D eigenvalue weighted by molar-refractivity contribution is 0.434. The normalized spacial score (nSPS) is 24.9. The van der Waals surface area contributed by atoms with Crippen molar-refractivity contribution >= 4 is 9.84 Å². The number of rotatable bonds is 4. The van der Waals surface area contributed by atoms with Crippen molar-refractivity contribution in [2.75, 3.05) is 12.3 Å². The molecule has 0 spiro atoms. The van der Waals surface area contributed by atoms with Gasteiger partial charge in [0.25, 0.3) is 0 Å². The lowest BCUT2D eigenvalue weighted by atomic mass is 10.0. The summed E-state index contributed by atoms with van der Waals surface area (Å²) < 4.78 is 26.1. The molecular weight excluding hydrogens is 252 g/mol. The minimum absolute atomic E-state index is 0.208. The molecule has 2 atom stereocenters. The number of nitrogens with one attached hydrogen (secondary N) is 1. The Hall–Kier alpha value is -0.950. The van der Waals surface area contributed by atoms with Crippen LogP contribution in [-0.2, 0) is 16.9 Å². The first-order chi connectivity index (χ1) is 8.56.